The Bertz CT molecular complexity index is 543. The smallest absolute Gasteiger partial charge is 0.387 e. The average Bonchev–Trinajstić information content (AvgIpc) is 2.41. The average molecular weight is 342 g/mol. The molecule has 1 heterocycles. The highest BCUT2D eigenvalue weighted by atomic mass is 79.9. The summed E-state index contributed by atoms with van der Waals surface area (Å²) >= 11 is 3.59. The van der Waals surface area contributed by atoms with Crippen molar-refractivity contribution in [3.05, 3.63) is 59.4 Å². The summed E-state index contributed by atoms with van der Waals surface area (Å²) in [5.74, 6) is 0.164. The van der Waals surface area contributed by atoms with E-state index >= 15 is 0 Å². The Morgan fingerprint density at radius 3 is 2.40 bits per heavy atom. The molecule has 1 aromatic carbocycles. The first-order valence-corrected chi connectivity index (χ1v) is 7.06. The summed E-state index contributed by atoms with van der Waals surface area (Å²) < 4.78 is 28.4. The second-order valence-corrected chi connectivity index (χ2v) is 5.55. The molecule has 5 heteroatoms. The Kier molecular flexibility index (Phi) is 5.06. The lowest BCUT2D eigenvalue weighted by molar-refractivity contribution is -0.0498. The third-order valence-corrected chi connectivity index (χ3v) is 3.68. The van der Waals surface area contributed by atoms with Gasteiger partial charge < -0.3 is 4.74 Å². The molecule has 2 nitrogen and oxygen atoms in total. The molecular formula is C15H14BrF2NO. The van der Waals surface area contributed by atoms with Gasteiger partial charge in [0.1, 0.15) is 5.75 Å². The number of halogens is 3. The van der Waals surface area contributed by atoms with E-state index in [2.05, 4.69) is 25.7 Å². The van der Waals surface area contributed by atoms with Gasteiger partial charge in [-0.3, -0.25) is 4.98 Å². The fourth-order valence-electron chi connectivity index (χ4n) is 1.78. The fraction of sp³-hybridized carbons (Fsp3) is 0.267. The van der Waals surface area contributed by atoms with Crippen LogP contribution in [0.2, 0.25) is 0 Å². The first kappa shape index (κ1) is 14.9. The molecule has 20 heavy (non-hydrogen) atoms. The maximum atomic E-state index is 12.1. The van der Waals surface area contributed by atoms with Crippen LogP contribution in [-0.2, 0) is 6.42 Å². The molecule has 1 atom stereocenters. The van der Waals surface area contributed by atoms with E-state index in [4.69, 9.17) is 0 Å². The van der Waals surface area contributed by atoms with Gasteiger partial charge in [0.25, 0.3) is 0 Å². The molecule has 0 aliphatic carbocycles. The Balaban J connectivity index is 2.01. The molecule has 0 N–H and O–H groups in total. The molecule has 106 valence electrons. The summed E-state index contributed by atoms with van der Waals surface area (Å²) in [4.78, 5) is 4.43. The predicted molar refractivity (Wildman–Crippen MR) is 77.4 cm³/mol. The molecule has 0 saturated carbocycles. The molecule has 1 aromatic heterocycles. The van der Waals surface area contributed by atoms with Gasteiger partial charge in [0.15, 0.2) is 0 Å². The van der Waals surface area contributed by atoms with Gasteiger partial charge in [-0.2, -0.15) is 8.78 Å². The lowest BCUT2D eigenvalue weighted by Gasteiger charge is -2.11. The summed E-state index contributed by atoms with van der Waals surface area (Å²) in [6, 6.07) is 10.6. The number of hydrogen-bond donors (Lipinski definition) is 0. The lowest BCUT2D eigenvalue weighted by Crippen LogP contribution is -2.02. The number of nitrogens with zero attached hydrogens (tertiary/aromatic N) is 1. The van der Waals surface area contributed by atoms with E-state index in [1.807, 2.05) is 25.3 Å². The molecule has 0 fully saturated rings. The van der Waals surface area contributed by atoms with E-state index in [1.165, 1.54) is 0 Å². The van der Waals surface area contributed by atoms with E-state index in [9.17, 15) is 8.78 Å². The van der Waals surface area contributed by atoms with Crippen molar-refractivity contribution in [2.24, 2.45) is 0 Å². The highest BCUT2D eigenvalue weighted by Gasteiger charge is 2.10. The first-order valence-electron chi connectivity index (χ1n) is 6.15. The van der Waals surface area contributed by atoms with Crippen molar-refractivity contribution in [3.63, 3.8) is 0 Å². The monoisotopic (exact) mass is 341 g/mol. The van der Waals surface area contributed by atoms with E-state index < -0.39 is 6.61 Å². The van der Waals surface area contributed by atoms with Crippen LogP contribution in [0.1, 0.15) is 21.6 Å². The van der Waals surface area contributed by atoms with Crippen LogP contribution in [0, 0.1) is 6.92 Å². The van der Waals surface area contributed by atoms with Crippen molar-refractivity contribution in [2.75, 3.05) is 0 Å². The minimum absolute atomic E-state index is 0.0818. The van der Waals surface area contributed by atoms with Crippen LogP contribution in [0.5, 0.6) is 5.75 Å². The van der Waals surface area contributed by atoms with Crippen LogP contribution in [0.4, 0.5) is 8.78 Å². The number of pyridine rings is 1. The Labute approximate surface area is 124 Å². The minimum atomic E-state index is -2.79. The molecule has 1 unspecified atom stereocenters. The fourth-order valence-corrected chi connectivity index (χ4v) is 2.42. The van der Waals surface area contributed by atoms with E-state index in [1.54, 1.807) is 24.3 Å². The number of benzene rings is 1. The molecule has 0 bridgehead atoms. The van der Waals surface area contributed by atoms with Gasteiger partial charge in [-0.1, -0.05) is 34.1 Å². The highest BCUT2D eigenvalue weighted by Crippen LogP contribution is 2.28. The van der Waals surface area contributed by atoms with Crippen LogP contribution in [0.3, 0.4) is 0 Å². The van der Waals surface area contributed by atoms with Crippen molar-refractivity contribution in [3.8, 4) is 5.75 Å². The molecule has 0 spiro atoms. The van der Waals surface area contributed by atoms with Crippen molar-refractivity contribution in [1.29, 1.82) is 0 Å². The predicted octanol–water partition coefficient (Wildman–Crippen LogP) is 4.67. The van der Waals surface area contributed by atoms with E-state index in [0.717, 1.165) is 23.2 Å². The van der Waals surface area contributed by atoms with Crippen molar-refractivity contribution < 1.29 is 13.5 Å². The topological polar surface area (TPSA) is 22.1 Å². The zero-order valence-corrected chi connectivity index (χ0v) is 12.5. The third-order valence-electron chi connectivity index (χ3n) is 2.83. The standard InChI is InChI=1S/C15H14BrF2NO/c1-10-2-5-12(19-9-10)8-14(16)11-3-6-13(7-4-11)20-15(17)18/h2-7,9,14-15H,8H2,1H3. The zero-order valence-electron chi connectivity index (χ0n) is 10.9. The summed E-state index contributed by atoms with van der Waals surface area (Å²) in [5.41, 5.74) is 3.09. The van der Waals surface area contributed by atoms with Gasteiger partial charge in [0.05, 0.1) is 0 Å². The van der Waals surface area contributed by atoms with Crippen molar-refractivity contribution in [2.45, 2.75) is 24.8 Å². The second kappa shape index (κ2) is 6.79. The van der Waals surface area contributed by atoms with E-state index in [0.29, 0.717) is 0 Å². The molecule has 0 aliphatic rings. The number of hydrogen-bond acceptors (Lipinski definition) is 2. The second-order valence-electron chi connectivity index (χ2n) is 4.45. The highest BCUT2D eigenvalue weighted by molar-refractivity contribution is 9.09. The Hall–Kier alpha value is -1.49. The molecule has 0 saturated heterocycles. The van der Waals surface area contributed by atoms with E-state index in [-0.39, 0.29) is 10.6 Å². The normalized spacial score (nSPS) is 12.4. The minimum Gasteiger partial charge on any atom is -0.435 e. The number of rotatable bonds is 5. The van der Waals surface area contributed by atoms with Gasteiger partial charge in [0.2, 0.25) is 0 Å². The quantitative estimate of drug-likeness (QED) is 0.737. The number of aryl methyl sites for hydroxylation is 1. The zero-order chi connectivity index (χ0) is 14.5. The maximum Gasteiger partial charge on any atom is 0.387 e. The summed E-state index contributed by atoms with van der Waals surface area (Å²) in [6.07, 6.45) is 2.56. The number of ether oxygens (including phenoxy) is 1. The number of aromatic nitrogens is 1. The van der Waals surface area contributed by atoms with Crippen LogP contribution in [0.15, 0.2) is 42.6 Å². The molecular weight excluding hydrogens is 328 g/mol. The van der Waals surface area contributed by atoms with Gasteiger partial charge in [0, 0.05) is 23.1 Å². The van der Waals surface area contributed by atoms with Crippen LogP contribution in [0.25, 0.3) is 0 Å². The lowest BCUT2D eigenvalue weighted by atomic mass is 10.1. The molecule has 0 amide bonds. The largest absolute Gasteiger partial charge is 0.435 e. The molecule has 2 rings (SSSR count). The van der Waals surface area contributed by atoms with Gasteiger partial charge >= 0.3 is 6.61 Å². The Morgan fingerprint density at radius 2 is 1.85 bits per heavy atom. The first-order chi connectivity index (χ1) is 9.54. The van der Waals surface area contributed by atoms with Crippen LogP contribution >= 0.6 is 15.9 Å². The summed E-state index contributed by atoms with van der Waals surface area (Å²) in [6.45, 7) is -0.804. The molecule has 2 aromatic rings. The number of alkyl halides is 3. The van der Waals surface area contributed by atoms with Gasteiger partial charge in [-0.25, -0.2) is 0 Å². The van der Waals surface area contributed by atoms with Crippen molar-refractivity contribution >= 4 is 15.9 Å². The Morgan fingerprint density at radius 1 is 1.15 bits per heavy atom. The van der Waals surface area contributed by atoms with Gasteiger partial charge in [-0.15, -0.1) is 0 Å². The maximum absolute atomic E-state index is 12.1. The van der Waals surface area contributed by atoms with Crippen molar-refractivity contribution in [1.82, 2.24) is 4.98 Å². The third kappa shape index (κ3) is 4.27. The van der Waals surface area contributed by atoms with Crippen LogP contribution < -0.4 is 4.74 Å². The SMILES string of the molecule is Cc1ccc(CC(Br)c2ccc(OC(F)F)cc2)nc1. The summed E-state index contributed by atoms with van der Waals surface area (Å²) in [5, 5.41) is 0. The van der Waals surface area contributed by atoms with Crippen LogP contribution in [-0.4, -0.2) is 11.6 Å². The molecule has 0 radical (unpaired) electrons. The van der Waals surface area contributed by atoms with Gasteiger partial charge in [-0.05, 0) is 36.2 Å². The summed E-state index contributed by atoms with van der Waals surface area (Å²) in [7, 11) is 0. The molecule has 0 aliphatic heterocycles.